The molecule has 21 heteroatoms. The maximum Gasteiger partial charge on any atom is 0.272 e. The Morgan fingerprint density at radius 3 is 2.06 bits per heavy atom. The highest BCUT2D eigenvalue weighted by Crippen LogP contribution is 2.42. The smallest absolute Gasteiger partial charge is 0.272 e. The van der Waals surface area contributed by atoms with Crippen LogP contribution < -0.4 is 10.6 Å². The Morgan fingerprint density at radius 2 is 1.43 bits per heavy atom. The summed E-state index contributed by atoms with van der Waals surface area (Å²) >= 11 is 11.5. The van der Waals surface area contributed by atoms with E-state index in [0.717, 1.165) is 59.2 Å². The number of piperazine rings is 2. The summed E-state index contributed by atoms with van der Waals surface area (Å²) in [4.78, 5) is 98.8. The van der Waals surface area contributed by atoms with Gasteiger partial charge in [-0.1, -0.05) is 64.4 Å². The molecule has 4 aromatic rings. The van der Waals surface area contributed by atoms with Crippen LogP contribution in [0.4, 0.5) is 14.7 Å². The molecule has 15 nitrogen and oxygen atoms in total. The summed E-state index contributed by atoms with van der Waals surface area (Å²) in [6.45, 7) is 10.8. The lowest BCUT2D eigenvalue weighted by atomic mass is 10.1. The second-order valence-electron chi connectivity index (χ2n) is 16.3. The second kappa shape index (κ2) is 19.8. The van der Waals surface area contributed by atoms with Crippen LogP contribution in [0.15, 0.2) is 67.5 Å². The summed E-state index contributed by atoms with van der Waals surface area (Å²) < 4.78 is 16.7. The summed E-state index contributed by atoms with van der Waals surface area (Å²) in [5.41, 5.74) is 1.56. The van der Waals surface area contributed by atoms with Crippen molar-refractivity contribution in [1.29, 1.82) is 0 Å². The van der Waals surface area contributed by atoms with Gasteiger partial charge in [0, 0.05) is 79.7 Å². The van der Waals surface area contributed by atoms with Crippen LogP contribution in [0.5, 0.6) is 0 Å². The molecule has 0 bridgehead atoms. The van der Waals surface area contributed by atoms with Gasteiger partial charge < -0.3 is 30.2 Å². The van der Waals surface area contributed by atoms with E-state index in [1.807, 2.05) is 20.8 Å². The molecule has 5 heterocycles. The van der Waals surface area contributed by atoms with E-state index in [1.54, 1.807) is 37.9 Å². The third kappa shape index (κ3) is 10.9. The van der Waals surface area contributed by atoms with Gasteiger partial charge in [0.1, 0.15) is 5.69 Å². The fourth-order valence-corrected chi connectivity index (χ4v) is 11.8. The number of carbonyl (C=O) groups excluding carboxylic acids is 6. The molecule has 2 atom stereocenters. The molecule has 2 N–H and O–H groups in total. The molecule has 65 heavy (non-hydrogen) atoms. The van der Waals surface area contributed by atoms with Gasteiger partial charge >= 0.3 is 0 Å². The monoisotopic (exact) mass is 977 g/mol. The number of rotatable bonds is 13. The third-order valence-corrected chi connectivity index (χ3v) is 16.1. The summed E-state index contributed by atoms with van der Waals surface area (Å²) in [5.74, 6) is -2.02. The predicted molar refractivity (Wildman–Crippen MR) is 249 cm³/mol. The number of hydrogen-bond donors (Lipinski definition) is 2. The number of pyridine rings is 1. The van der Waals surface area contributed by atoms with Gasteiger partial charge in [0.25, 0.3) is 11.8 Å². The van der Waals surface area contributed by atoms with Gasteiger partial charge in [-0.25, -0.2) is 19.3 Å². The van der Waals surface area contributed by atoms with Crippen LogP contribution in [0.3, 0.4) is 0 Å². The molecule has 340 valence electrons. The highest BCUT2D eigenvalue weighted by Gasteiger charge is 2.34. The number of nitrogens with one attached hydrogen (secondary N) is 2. The van der Waals surface area contributed by atoms with Crippen LogP contribution in [-0.2, 0) is 19.2 Å². The van der Waals surface area contributed by atoms with Crippen molar-refractivity contribution >= 4 is 110 Å². The molecule has 0 unspecified atom stereocenters. The highest BCUT2D eigenvalue weighted by atomic mass is 35.5. The second-order valence-corrected chi connectivity index (χ2v) is 21.4. The molecule has 3 aromatic heterocycles. The average Bonchev–Trinajstić information content (AvgIpc) is 4.23. The number of thiazole rings is 2. The first-order valence-electron chi connectivity index (χ1n) is 21.1. The lowest BCUT2D eigenvalue weighted by Gasteiger charge is -2.39. The first-order chi connectivity index (χ1) is 31.1. The number of aryl methyl sites for hydroxylation is 1. The molecule has 0 radical (unpaired) electrons. The van der Waals surface area contributed by atoms with Crippen molar-refractivity contribution in [2.75, 3.05) is 49.9 Å². The molecule has 2 aliphatic carbocycles. The van der Waals surface area contributed by atoms with E-state index in [2.05, 4.69) is 32.2 Å². The molecular formula is C44H45ClFN9O6S4. The SMILES string of the molecule is C=CC(=O)N1CCN(C(=O)c2cc(Sc3sc(NC(=O)C4CC4)nc3C=CC(=O)N3CCN(C(=O)c4cc(Sc5cnc(NC(=O)C6CC6)s5)c(Cl)cc4C)C[C@H]3C)c(F)cn2)C[C@H]1C. The standard InChI is InChI=1S/C44H45ClFN9O6S4/c1-5-35(56)54-14-13-53(22-24(54)3)41(61)32-18-34(30(46)19-47-32)63-42-31(49-44(65-42)51-39(59)27-8-9-27)10-11-36(57)55-15-12-52(21-25(55)4)40(60)28-17-33(29(45)16-23(28)2)62-37-20-48-43(64-37)50-38(58)26-6-7-26/h5,10-11,16-20,24-27H,1,6-9,12-15,21-22H2,2-4H3,(H,48,50,58)(H,49,51,59)/t24-,25-/m1/s1. The Morgan fingerprint density at radius 1 is 0.800 bits per heavy atom. The van der Waals surface area contributed by atoms with Crippen LogP contribution in [-0.4, -0.2) is 121 Å². The summed E-state index contributed by atoms with van der Waals surface area (Å²) in [6.07, 6.45) is 10.2. The first kappa shape index (κ1) is 46.4. The van der Waals surface area contributed by atoms with Crippen molar-refractivity contribution < 1.29 is 33.2 Å². The molecule has 4 fully saturated rings. The largest absolute Gasteiger partial charge is 0.335 e. The number of carbonyl (C=O) groups is 6. The van der Waals surface area contributed by atoms with Gasteiger partial charge in [-0.3, -0.25) is 28.8 Å². The van der Waals surface area contributed by atoms with Crippen LogP contribution in [0.1, 0.15) is 71.6 Å². The molecule has 2 saturated carbocycles. The minimum Gasteiger partial charge on any atom is -0.335 e. The van der Waals surface area contributed by atoms with E-state index < -0.39 is 11.7 Å². The lowest BCUT2D eigenvalue weighted by molar-refractivity contribution is -0.130. The number of anilines is 2. The van der Waals surface area contributed by atoms with Crippen molar-refractivity contribution in [3.05, 3.63) is 82.7 Å². The summed E-state index contributed by atoms with van der Waals surface area (Å²) in [7, 11) is 0. The maximum absolute atomic E-state index is 15.4. The van der Waals surface area contributed by atoms with E-state index in [0.29, 0.717) is 42.6 Å². The fraction of sp³-hybridized carbons (Fsp3) is 0.386. The predicted octanol–water partition coefficient (Wildman–Crippen LogP) is 7.34. The molecule has 0 spiro atoms. The number of amides is 6. The Hall–Kier alpha value is -5.15. The highest BCUT2D eigenvalue weighted by molar-refractivity contribution is 8.01. The number of hydrogen-bond acceptors (Lipinski definition) is 13. The summed E-state index contributed by atoms with van der Waals surface area (Å²) in [6, 6.07) is 4.31. The number of aromatic nitrogens is 3. The summed E-state index contributed by atoms with van der Waals surface area (Å²) in [5, 5.41) is 6.99. The van der Waals surface area contributed by atoms with Gasteiger partial charge in [-0.05, 0) is 82.4 Å². The molecule has 6 amide bonds. The van der Waals surface area contributed by atoms with Crippen molar-refractivity contribution in [3.8, 4) is 0 Å². The fourth-order valence-electron chi connectivity index (χ4n) is 7.44. The van der Waals surface area contributed by atoms with Crippen LogP contribution in [0, 0.1) is 24.6 Å². The van der Waals surface area contributed by atoms with Crippen molar-refractivity contribution in [2.24, 2.45) is 11.8 Å². The quantitative estimate of drug-likeness (QED) is 0.128. The average molecular weight is 979 g/mol. The van der Waals surface area contributed by atoms with E-state index >= 15 is 4.39 Å². The van der Waals surface area contributed by atoms with Crippen molar-refractivity contribution in [3.63, 3.8) is 0 Å². The minimum atomic E-state index is -0.668. The number of halogens is 2. The van der Waals surface area contributed by atoms with Crippen LogP contribution in [0.2, 0.25) is 5.02 Å². The van der Waals surface area contributed by atoms with Gasteiger partial charge in [-0.15, -0.1) is 0 Å². The molecule has 4 aliphatic rings. The molecular weight excluding hydrogens is 933 g/mol. The van der Waals surface area contributed by atoms with Gasteiger partial charge in [0.15, 0.2) is 16.1 Å². The zero-order chi connectivity index (χ0) is 46.1. The zero-order valence-electron chi connectivity index (χ0n) is 35.7. The van der Waals surface area contributed by atoms with Gasteiger partial charge in [0.05, 0.1) is 36.4 Å². The number of nitrogens with zero attached hydrogens (tertiary/aromatic N) is 7. The Bertz CT molecular complexity index is 2620. The van der Waals surface area contributed by atoms with Gasteiger partial charge in [-0.2, -0.15) is 0 Å². The van der Waals surface area contributed by atoms with E-state index in [1.165, 1.54) is 47.4 Å². The van der Waals surface area contributed by atoms with Crippen molar-refractivity contribution in [2.45, 2.75) is 76.7 Å². The van der Waals surface area contributed by atoms with Crippen LogP contribution in [0.25, 0.3) is 6.08 Å². The van der Waals surface area contributed by atoms with Crippen molar-refractivity contribution in [1.82, 2.24) is 34.6 Å². The Balaban J connectivity index is 0.930. The Kier molecular flexibility index (Phi) is 14.1. The Labute approximate surface area is 396 Å². The molecule has 2 saturated heterocycles. The van der Waals surface area contributed by atoms with Gasteiger partial charge in [0.2, 0.25) is 23.6 Å². The number of benzene rings is 1. The molecule has 1 aromatic carbocycles. The van der Waals surface area contributed by atoms with E-state index in [-0.39, 0.29) is 102 Å². The van der Waals surface area contributed by atoms with Crippen LogP contribution >= 0.6 is 57.8 Å². The first-order valence-corrected chi connectivity index (χ1v) is 24.7. The molecule has 2 aliphatic heterocycles. The van der Waals surface area contributed by atoms with E-state index in [9.17, 15) is 28.8 Å². The molecule has 8 rings (SSSR count). The zero-order valence-corrected chi connectivity index (χ0v) is 39.7. The lowest BCUT2D eigenvalue weighted by Crippen LogP contribution is -2.55. The normalized spacial score (nSPS) is 18.8. The van der Waals surface area contributed by atoms with E-state index in [4.69, 9.17) is 11.6 Å². The maximum atomic E-state index is 15.4. The topological polar surface area (TPSA) is 178 Å². The minimum absolute atomic E-state index is 0.0242. The third-order valence-electron chi connectivity index (χ3n) is 11.4.